The summed E-state index contributed by atoms with van der Waals surface area (Å²) in [7, 11) is -1.35. The highest BCUT2D eigenvalue weighted by Crippen LogP contribution is 2.24. The zero-order valence-corrected chi connectivity index (χ0v) is 19.6. The van der Waals surface area contributed by atoms with Crippen LogP contribution in [-0.4, -0.2) is 60.4 Å². The number of ether oxygens (including phenoxy) is 1. The monoisotopic (exact) mass is 461 g/mol. The van der Waals surface area contributed by atoms with Crippen molar-refractivity contribution in [3.63, 3.8) is 0 Å². The number of benzene rings is 1. The first-order valence-electron chi connectivity index (χ1n) is 10.6. The second-order valence-electron chi connectivity index (χ2n) is 7.72. The predicted octanol–water partition coefficient (Wildman–Crippen LogP) is 1.81. The molecule has 3 rings (SSSR count). The van der Waals surface area contributed by atoms with Crippen molar-refractivity contribution in [2.24, 2.45) is 0 Å². The number of nitrogens with zero attached hydrogens (tertiary/aromatic N) is 4. The van der Waals surface area contributed by atoms with Crippen molar-refractivity contribution in [1.82, 2.24) is 25.1 Å². The van der Waals surface area contributed by atoms with Crippen molar-refractivity contribution >= 4 is 32.6 Å². The van der Waals surface area contributed by atoms with Crippen molar-refractivity contribution < 1.29 is 13.2 Å². The maximum absolute atomic E-state index is 11.2. The number of hydrogen-bond acceptors (Lipinski definition) is 9. The van der Waals surface area contributed by atoms with Gasteiger partial charge in [-0.15, -0.1) is 0 Å². The number of aromatic nitrogens is 4. The number of anilines is 2. The fraction of sp³-hybridized carbons (Fsp3) is 0.476. The number of methoxy groups -OCH3 is 1. The van der Waals surface area contributed by atoms with Crippen LogP contribution in [0.25, 0.3) is 11.0 Å². The van der Waals surface area contributed by atoms with Gasteiger partial charge < -0.3 is 21.1 Å². The highest BCUT2D eigenvalue weighted by molar-refractivity contribution is 7.90. The standard InChI is InChI=1S/C21H31N7O3S/c1-4-5-8-24-20-19-17(25-21(22)26-20)14-28(27-19)13-16-7-6-15(11-18(16)31-2)12-23-9-10-32(3,29)30/h6-7,11,14,23H,4-5,8-10,12-13H2,1-3H3,(H3,22,24,25,26). The number of nitrogens with one attached hydrogen (secondary N) is 2. The average molecular weight is 462 g/mol. The molecule has 2 aromatic heterocycles. The van der Waals surface area contributed by atoms with E-state index in [0.29, 0.717) is 36.5 Å². The Balaban J connectivity index is 1.74. The molecule has 0 fully saturated rings. The van der Waals surface area contributed by atoms with Gasteiger partial charge in [0.05, 0.1) is 25.6 Å². The fourth-order valence-electron chi connectivity index (χ4n) is 3.26. The van der Waals surface area contributed by atoms with E-state index < -0.39 is 9.84 Å². The molecule has 174 valence electrons. The Morgan fingerprint density at radius 1 is 1.22 bits per heavy atom. The molecule has 10 nitrogen and oxygen atoms in total. The molecule has 2 heterocycles. The molecule has 11 heteroatoms. The van der Waals surface area contributed by atoms with E-state index in [4.69, 9.17) is 10.5 Å². The summed E-state index contributed by atoms with van der Waals surface area (Å²) in [6.07, 6.45) is 5.18. The van der Waals surface area contributed by atoms with E-state index in [2.05, 4.69) is 32.6 Å². The van der Waals surface area contributed by atoms with Crippen molar-refractivity contribution in [1.29, 1.82) is 0 Å². The van der Waals surface area contributed by atoms with E-state index in [9.17, 15) is 8.42 Å². The van der Waals surface area contributed by atoms with Gasteiger partial charge in [0.2, 0.25) is 5.95 Å². The Kier molecular flexibility index (Phi) is 7.86. The smallest absolute Gasteiger partial charge is 0.222 e. The lowest BCUT2D eigenvalue weighted by atomic mass is 10.1. The molecule has 4 N–H and O–H groups in total. The average Bonchev–Trinajstić information content (AvgIpc) is 3.13. The van der Waals surface area contributed by atoms with E-state index in [1.54, 1.807) is 11.8 Å². The summed E-state index contributed by atoms with van der Waals surface area (Å²) in [4.78, 5) is 8.60. The largest absolute Gasteiger partial charge is 0.496 e. The number of rotatable bonds is 12. The molecule has 0 aliphatic rings. The third-order valence-electron chi connectivity index (χ3n) is 4.91. The second kappa shape index (κ2) is 10.6. The number of fused-ring (bicyclic) bond motifs is 1. The van der Waals surface area contributed by atoms with Crippen LogP contribution in [0.2, 0.25) is 0 Å². The van der Waals surface area contributed by atoms with Crippen LogP contribution in [0.1, 0.15) is 30.9 Å². The minimum Gasteiger partial charge on any atom is -0.496 e. The molecule has 3 aromatic rings. The van der Waals surface area contributed by atoms with Crippen LogP contribution in [0.3, 0.4) is 0 Å². The number of nitrogen functional groups attached to an aromatic ring is 1. The van der Waals surface area contributed by atoms with Crippen LogP contribution in [0.15, 0.2) is 24.4 Å². The summed E-state index contributed by atoms with van der Waals surface area (Å²) in [5.74, 6) is 1.69. The molecule has 32 heavy (non-hydrogen) atoms. The number of unbranched alkanes of at least 4 members (excludes halogenated alkanes) is 1. The quantitative estimate of drug-likeness (QED) is 0.345. The molecule has 0 amide bonds. The molecule has 0 radical (unpaired) electrons. The fourth-order valence-corrected chi connectivity index (χ4v) is 3.77. The normalized spacial score (nSPS) is 11.7. The van der Waals surface area contributed by atoms with Crippen molar-refractivity contribution in [2.75, 3.05) is 43.3 Å². The number of nitrogens with two attached hydrogens (primary N) is 1. The zero-order valence-electron chi connectivity index (χ0n) is 18.8. The van der Waals surface area contributed by atoms with Crippen LogP contribution in [0.5, 0.6) is 5.75 Å². The Labute approximate surface area is 188 Å². The lowest BCUT2D eigenvalue weighted by Crippen LogP contribution is -2.22. The summed E-state index contributed by atoms with van der Waals surface area (Å²) < 4.78 is 29.9. The van der Waals surface area contributed by atoms with E-state index in [1.165, 1.54) is 6.26 Å². The summed E-state index contributed by atoms with van der Waals surface area (Å²) >= 11 is 0. The number of sulfone groups is 1. The minimum absolute atomic E-state index is 0.109. The third kappa shape index (κ3) is 6.54. The zero-order chi connectivity index (χ0) is 23.1. The first kappa shape index (κ1) is 23.7. The van der Waals surface area contributed by atoms with E-state index >= 15 is 0 Å². The molecule has 1 aromatic carbocycles. The molecular formula is C21H31N7O3S. The topological polar surface area (TPSA) is 137 Å². The molecule has 0 bridgehead atoms. The van der Waals surface area contributed by atoms with Crippen molar-refractivity contribution in [3.8, 4) is 5.75 Å². The predicted molar refractivity (Wildman–Crippen MR) is 127 cm³/mol. The van der Waals surface area contributed by atoms with Gasteiger partial charge in [0.1, 0.15) is 21.1 Å². The first-order valence-corrected chi connectivity index (χ1v) is 12.6. The first-order chi connectivity index (χ1) is 15.3. The molecule has 0 spiro atoms. The lowest BCUT2D eigenvalue weighted by molar-refractivity contribution is 0.406. The molecule has 0 aliphatic carbocycles. The minimum atomic E-state index is -2.98. The van der Waals surface area contributed by atoms with Gasteiger partial charge in [0.25, 0.3) is 0 Å². The van der Waals surface area contributed by atoms with Crippen LogP contribution < -0.4 is 21.1 Å². The van der Waals surface area contributed by atoms with Crippen molar-refractivity contribution in [2.45, 2.75) is 32.9 Å². The number of hydrogen-bond donors (Lipinski definition) is 3. The van der Waals surface area contributed by atoms with Gasteiger partial charge in [-0.25, -0.2) is 13.4 Å². The summed E-state index contributed by atoms with van der Waals surface area (Å²) in [6, 6.07) is 5.92. The van der Waals surface area contributed by atoms with Gasteiger partial charge in [-0.3, -0.25) is 4.68 Å². The summed E-state index contributed by atoms with van der Waals surface area (Å²) in [5, 5.41) is 11.1. The van der Waals surface area contributed by atoms with E-state index in [1.807, 2.05) is 24.4 Å². The van der Waals surface area contributed by atoms with Crippen LogP contribution in [-0.2, 0) is 22.9 Å². The van der Waals surface area contributed by atoms with Crippen molar-refractivity contribution in [3.05, 3.63) is 35.5 Å². The SMILES string of the molecule is CCCCNc1nc(N)nc2cn(Cc3ccc(CNCCS(C)(=O)=O)cc3OC)nc12. The molecule has 0 saturated carbocycles. The molecular weight excluding hydrogens is 430 g/mol. The summed E-state index contributed by atoms with van der Waals surface area (Å²) in [5.41, 5.74) is 9.20. The molecule has 0 unspecified atom stereocenters. The highest BCUT2D eigenvalue weighted by Gasteiger charge is 2.13. The van der Waals surface area contributed by atoms with Gasteiger partial charge in [-0.05, 0) is 18.1 Å². The Hall–Kier alpha value is -2.92. The Morgan fingerprint density at radius 3 is 2.75 bits per heavy atom. The Morgan fingerprint density at radius 2 is 2.03 bits per heavy atom. The second-order valence-corrected chi connectivity index (χ2v) is 9.98. The van der Waals surface area contributed by atoms with Gasteiger partial charge in [0.15, 0.2) is 11.3 Å². The Bertz CT molecular complexity index is 1160. The van der Waals surface area contributed by atoms with E-state index in [-0.39, 0.29) is 11.7 Å². The van der Waals surface area contributed by atoms with Gasteiger partial charge >= 0.3 is 0 Å². The van der Waals surface area contributed by atoms with Crippen LogP contribution in [0.4, 0.5) is 11.8 Å². The molecule has 0 atom stereocenters. The maximum atomic E-state index is 11.2. The molecule has 0 aliphatic heterocycles. The van der Waals surface area contributed by atoms with Gasteiger partial charge in [0, 0.05) is 31.5 Å². The summed E-state index contributed by atoms with van der Waals surface area (Å²) in [6.45, 7) is 4.38. The van der Waals surface area contributed by atoms with E-state index in [0.717, 1.165) is 36.3 Å². The molecule has 0 saturated heterocycles. The van der Waals surface area contributed by atoms with Crippen LogP contribution in [0, 0.1) is 0 Å². The van der Waals surface area contributed by atoms with Gasteiger partial charge in [-0.1, -0.05) is 25.5 Å². The third-order valence-corrected chi connectivity index (χ3v) is 5.86. The maximum Gasteiger partial charge on any atom is 0.222 e. The highest BCUT2D eigenvalue weighted by atomic mass is 32.2. The van der Waals surface area contributed by atoms with Gasteiger partial charge in [-0.2, -0.15) is 10.1 Å². The lowest BCUT2D eigenvalue weighted by Gasteiger charge is -2.11. The van der Waals surface area contributed by atoms with Crippen LogP contribution >= 0.6 is 0 Å².